The zero-order valence-electron chi connectivity index (χ0n) is 11.5. The first kappa shape index (κ1) is 12.3. The molecule has 3 rings (SSSR count). The van der Waals surface area contributed by atoms with E-state index < -0.39 is 0 Å². The van der Waals surface area contributed by atoms with Crippen LogP contribution in [-0.2, 0) is 13.0 Å². The number of aromatic nitrogens is 1. The Labute approximate surface area is 110 Å². The van der Waals surface area contributed by atoms with Gasteiger partial charge in [-0.15, -0.1) is 0 Å². The van der Waals surface area contributed by atoms with Crippen LogP contribution < -0.4 is 0 Å². The molecule has 0 amide bonds. The van der Waals surface area contributed by atoms with Crippen molar-refractivity contribution in [3.63, 3.8) is 0 Å². The van der Waals surface area contributed by atoms with Gasteiger partial charge in [0, 0.05) is 24.0 Å². The van der Waals surface area contributed by atoms with E-state index in [9.17, 15) is 5.11 Å². The highest BCUT2D eigenvalue weighted by atomic mass is 16.3. The molecule has 0 radical (unpaired) electrons. The summed E-state index contributed by atoms with van der Waals surface area (Å²) in [6, 6.07) is 2.15. The second kappa shape index (κ2) is 4.73. The molecule has 1 atom stereocenters. The summed E-state index contributed by atoms with van der Waals surface area (Å²) in [7, 11) is 0. The molecule has 18 heavy (non-hydrogen) atoms. The highest BCUT2D eigenvalue weighted by molar-refractivity contribution is 5.27. The minimum Gasteiger partial charge on any atom is -0.388 e. The molecule has 2 aliphatic rings. The second-order valence-electron chi connectivity index (χ2n) is 6.31. The predicted molar refractivity (Wildman–Crippen MR) is 73.5 cm³/mol. The van der Waals surface area contributed by atoms with Crippen LogP contribution in [0.2, 0.25) is 0 Å². The number of fused-ring (bicyclic) bond motifs is 1. The number of nitrogens with zero attached hydrogens (tertiary/aromatic N) is 1. The summed E-state index contributed by atoms with van der Waals surface area (Å²) in [6.07, 6.45) is 12.1. The van der Waals surface area contributed by atoms with E-state index in [-0.39, 0.29) is 6.10 Å². The quantitative estimate of drug-likeness (QED) is 0.863. The minimum atomic E-state index is -0.212. The van der Waals surface area contributed by atoms with Crippen molar-refractivity contribution in [2.75, 3.05) is 0 Å². The van der Waals surface area contributed by atoms with E-state index in [2.05, 4.69) is 23.8 Å². The standard InChI is InChI=1S/C16H25NO/c1-2-16(9-3-4-10-16)12-17-11-8-13-14(17)6-5-7-15(13)18/h8,11,15,18H,2-7,9-10,12H2,1H3. The smallest absolute Gasteiger partial charge is 0.0807 e. The molecule has 0 aliphatic heterocycles. The Balaban J connectivity index is 1.85. The lowest BCUT2D eigenvalue weighted by atomic mass is 9.83. The fourth-order valence-corrected chi connectivity index (χ4v) is 3.99. The first-order valence-electron chi connectivity index (χ1n) is 7.60. The van der Waals surface area contributed by atoms with Crippen LogP contribution in [0.5, 0.6) is 0 Å². The molecule has 1 N–H and O–H groups in total. The van der Waals surface area contributed by atoms with E-state index in [1.807, 2.05) is 0 Å². The van der Waals surface area contributed by atoms with Crippen LogP contribution in [0.4, 0.5) is 0 Å². The molecule has 2 heteroatoms. The third-order valence-corrected chi connectivity index (χ3v) is 5.28. The lowest BCUT2D eigenvalue weighted by Gasteiger charge is -2.30. The van der Waals surface area contributed by atoms with Crippen LogP contribution >= 0.6 is 0 Å². The van der Waals surface area contributed by atoms with Crippen molar-refractivity contribution < 1.29 is 5.11 Å². The van der Waals surface area contributed by atoms with Crippen molar-refractivity contribution in [2.24, 2.45) is 5.41 Å². The average molecular weight is 247 g/mol. The number of aliphatic hydroxyl groups is 1. The van der Waals surface area contributed by atoms with Crippen molar-refractivity contribution >= 4 is 0 Å². The number of hydrogen-bond donors (Lipinski definition) is 1. The summed E-state index contributed by atoms with van der Waals surface area (Å²) in [5.74, 6) is 0. The van der Waals surface area contributed by atoms with Gasteiger partial charge in [-0.25, -0.2) is 0 Å². The molecular weight excluding hydrogens is 222 g/mol. The monoisotopic (exact) mass is 247 g/mol. The number of aliphatic hydroxyl groups excluding tert-OH is 1. The van der Waals surface area contributed by atoms with Crippen LogP contribution in [0.15, 0.2) is 12.3 Å². The Hall–Kier alpha value is -0.760. The molecule has 0 spiro atoms. The van der Waals surface area contributed by atoms with Gasteiger partial charge in [0.15, 0.2) is 0 Å². The molecule has 1 heterocycles. The van der Waals surface area contributed by atoms with Gasteiger partial charge >= 0.3 is 0 Å². The lowest BCUT2D eigenvalue weighted by Crippen LogP contribution is -2.24. The number of hydrogen-bond acceptors (Lipinski definition) is 1. The van der Waals surface area contributed by atoms with Gasteiger partial charge in [0.2, 0.25) is 0 Å². The minimum absolute atomic E-state index is 0.212. The maximum absolute atomic E-state index is 10.0. The van der Waals surface area contributed by atoms with Crippen LogP contribution in [0.1, 0.15) is 69.2 Å². The normalized spacial score (nSPS) is 26.2. The molecule has 1 fully saturated rings. The Kier molecular flexibility index (Phi) is 3.23. The van der Waals surface area contributed by atoms with Gasteiger partial charge < -0.3 is 9.67 Å². The first-order chi connectivity index (χ1) is 8.74. The van der Waals surface area contributed by atoms with Crippen molar-refractivity contribution in [3.05, 3.63) is 23.5 Å². The maximum Gasteiger partial charge on any atom is 0.0807 e. The highest BCUT2D eigenvalue weighted by Crippen LogP contribution is 2.43. The number of rotatable bonds is 3. The largest absolute Gasteiger partial charge is 0.388 e. The van der Waals surface area contributed by atoms with Crippen LogP contribution in [0.25, 0.3) is 0 Å². The van der Waals surface area contributed by atoms with Crippen molar-refractivity contribution in [1.82, 2.24) is 4.57 Å². The molecule has 2 aliphatic carbocycles. The third kappa shape index (κ3) is 2.01. The topological polar surface area (TPSA) is 25.2 Å². The molecule has 1 saturated carbocycles. The molecule has 0 aromatic carbocycles. The summed E-state index contributed by atoms with van der Waals surface area (Å²) in [5, 5.41) is 10.0. The fourth-order valence-electron chi connectivity index (χ4n) is 3.99. The Morgan fingerprint density at radius 3 is 2.83 bits per heavy atom. The van der Waals surface area contributed by atoms with Crippen LogP contribution in [0.3, 0.4) is 0 Å². The Morgan fingerprint density at radius 2 is 2.11 bits per heavy atom. The molecule has 0 saturated heterocycles. The van der Waals surface area contributed by atoms with Crippen molar-refractivity contribution in [1.29, 1.82) is 0 Å². The van der Waals surface area contributed by atoms with Crippen molar-refractivity contribution in [2.45, 2.75) is 70.9 Å². The molecule has 1 unspecified atom stereocenters. The molecular formula is C16H25NO. The molecule has 1 aromatic heterocycles. The van der Waals surface area contributed by atoms with E-state index in [0.29, 0.717) is 5.41 Å². The summed E-state index contributed by atoms with van der Waals surface area (Å²) in [6.45, 7) is 3.52. The Morgan fingerprint density at radius 1 is 1.33 bits per heavy atom. The molecule has 1 aromatic rings. The van der Waals surface area contributed by atoms with Gasteiger partial charge in [0.1, 0.15) is 0 Å². The summed E-state index contributed by atoms with van der Waals surface area (Å²) >= 11 is 0. The van der Waals surface area contributed by atoms with Gasteiger partial charge in [0.25, 0.3) is 0 Å². The summed E-state index contributed by atoms with van der Waals surface area (Å²) in [4.78, 5) is 0. The van der Waals surface area contributed by atoms with Gasteiger partial charge in [-0.05, 0) is 50.0 Å². The molecule has 2 nitrogen and oxygen atoms in total. The second-order valence-corrected chi connectivity index (χ2v) is 6.31. The van der Waals surface area contributed by atoms with Gasteiger partial charge in [0.05, 0.1) is 6.10 Å². The average Bonchev–Trinajstić information content (AvgIpc) is 2.99. The molecule has 100 valence electrons. The van der Waals surface area contributed by atoms with Crippen LogP contribution in [0, 0.1) is 5.41 Å². The van der Waals surface area contributed by atoms with E-state index in [1.54, 1.807) is 0 Å². The van der Waals surface area contributed by atoms with E-state index in [4.69, 9.17) is 0 Å². The SMILES string of the molecule is CCC1(Cn2ccc3c2CCCC3O)CCCC1. The zero-order chi connectivity index (χ0) is 12.6. The summed E-state index contributed by atoms with van der Waals surface area (Å²) in [5.41, 5.74) is 3.15. The van der Waals surface area contributed by atoms with E-state index in [0.717, 1.165) is 19.3 Å². The summed E-state index contributed by atoms with van der Waals surface area (Å²) < 4.78 is 2.45. The van der Waals surface area contributed by atoms with Gasteiger partial charge in [-0.1, -0.05) is 19.8 Å². The fraction of sp³-hybridized carbons (Fsp3) is 0.750. The van der Waals surface area contributed by atoms with Gasteiger partial charge in [-0.2, -0.15) is 0 Å². The Bertz CT molecular complexity index is 415. The van der Waals surface area contributed by atoms with E-state index in [1.165, 1.54) is 49.9 Å². The lowest BCUT2D eigenvalue weighted by molar-refractivity contribution is 0.154. The van der Waals surface area contributed by atoms with Crippen molar-refractivity contribution in [3.8, 4) is 0 Å². The maximum atomic E-state index is 10.0. The third-order valence-electron chi connectivity index (χ3n) is 5.28. The highest BCUT2D eigenvalue weighted by Gasteiger charge is 2.33. The van der Waals surface area contributed by atoms with Gasteiger partial charge in [-0.3, -0.25) is 0 Å². The van der Waals surface area contributed by atoms with E-state index >= 15 is 0 Å². The zero-order valence-corrected chi connectivity index (χ0v) is 11.5. The first-order valence-corrected chi connectivity index (χ1v) is 7.60. The predicted octanol–water partition coefficient (Wildman–Crippen LogP) is 3.83. The van der Waals surface area contributed by atoms with Crippen LogP contribution in [-0.4, -0.2) is 9.67 Å². The molecule has 0 bridgehead atoms.